The zero-order valence-electron chi connectivity index (χ0n) is 12.4. The first kappa shape index (κ1) is 16.8. The van der Waals surface area contributed by atoms with Crippen molar-refractivity contribution in [1.29, 1.82) is 0 Å². The van der Waals surface area contributed by atoms with Crippen LogP contribution >= 0.6 is 0 Å². The number of hydrogen-bond acceptors (Lipinski definition) is 7. The van der Waals surface area contributed by atoms with Crippen molar-refractivity contribution in [2.24, 2.45) is 0 Å². The quantitative estimate of drug-likeness (QED) is 0.576. The Morgan fingerprint density at radius 3 is 2.61 bits per heavy atom. The molecule has 2 rings (SSSR count). The van der Waals surface area contributed by atoms with E-state index in [0.717, 1.165) is 11.6 Å². The van der Waals surface area contributed by atoms with Crippen molar-refractivity contribution in [3.8, 4) is 0 Å². The molecule has 0 unspecified atom stereocenters. The minimum Gasteiger partial charge on any atom is -0.467 e. The molecule has 0 atom stereocenters. The van der Waals surface area contributed by atoms with Crippen molar-refractivity contribution >= 4 is 6.09 Å². The van der Waals surface area contributed by atoms with Gasteiger partial charge in [-0.15, -0.1) is 0 Å². The molecule has 1 heterocycles. The molecule has 1 amide bonds. The van der Waals surface area contributed by atoms with Crippen LogP contribution in [0.25, 0.3) is 0 Å². The van der Waals surface area contributed by atoms with Gasteiger partial charge in [0.15, 0.2) is 5.70 Å². The largest absolute Gasteiger partial charge is 0.467 e. The van der Waals surface area contributed by atoms with E-state index in [1.54, 1.807) is 24.3 Å². The second-order valence-corrected chi connectivity index (χ2v) is 4.65. The Labute approximate surface area is 132 Å². The fourth-order valence-corrected chi connectivity index (χ4v) is 1.87. The summed E-state index contributed by atoms with van der Waals surface area (Å²) in [5.74, 6) is -3.07. The Bertz CT molecular complexity index is 622. The molecule has 1 aliphatic heterocycles. The van der Waals surface area contributed by atoms with Gasteiger partial charge in [-0.25, -0.2) is 4.79 Å². The highest BCUT2D eigenvalue weighted by Gasteiger charge is 2.38. The third-order valence-corrected chi connectivity index (χ3v) is 2.94. The number of hydrogen-bond donors (Lipinski definition) is 4. The van der Waals surface area contributed by atoms with Gasteiger partial charge in [-0.2, -0.15) is 0 Å². The summed E-state index contributed by atoms with van der Waals surface area (Å²) in [6, 6.07) is 8.97. The topological polar surface area (TPSA) is 117 Å². The van der Waals surface area contributed by atoms with Crippen molar-refractivity contribution in [2.45, 2.75) is 12.4 Å². The minimum atomic E-state index is -2.58. The lowest BCUT2D eigenvalue weighted by Gasteiger charge is -2.28. The smallest absolute Gasteiger partial charge is 0.412 e. The lowest BCUT2D eigenvalue weighted by atomic mass is 10.1. The van der Waals surface area contributed by atoms with Gasteiger partial charge in [0.1, 0.15) is 19.0 Å². The molecule has 4 N–H and O–H groups in total. The van der Waals surface area contributed by atoms with Crippen LogP contribution in [-0.2, 0) is 20.8 Å². The maximum absolute atomic E-state index is 11.8. The van der Waals surface area contributed by atoms with Crippen molar-refractivity contribution in [3.63, 3.8) is 0 Å². The molecule has 124 valence electrons. The number of rotatable bonds is 5. The zero-order chi connectivity index (χ0) is 16.9. The van der Waals surface area contributed by atoms with Crippen LogP contribution in [0.5, 0.6) is 0 Å². The molecule has 23 heavy (non-hydrogen) atoms. The first-order chi connectivity index (χ1) is 11.0. The van der Waals surface area contributed by atoms with Gasteiger partial charge in [0, 0.05) is 6.08 Å². The molecule has 1 aromatic rings. The summed E-state index contributed by atoms with van der Waals surface area (Å²) < 4.78 is 14.9. The van der Waals surface area contributed by atoms with E-state index in [4.69, 9.17) is 19.3 Å². The Morgan fingerprint density at radius 2 is 2.00 bits per heavy atom. The summed E-state index contributed by atoms with van der Waals surface area (Å²) >= 11 is 0. The third kappa shape index (κ3) is 4.22. The minimum absolute atomic E-state index is 0.00467. The summed E-state index contributed by atoms with van der Waals surface area (Å²) in [6.07, 6.45) is -0.0854. The van der Waals surface area contributed by atoms with Crippen LogP contribution in [0.3, 0.4) is 0 Å². The number of carbonyl (C=O) groups is 1. The van der Waals surface area contributed by atoms with Crippen molar-refractivity contribution in [2.75, 3.05) is 13.7 Å². The molecule has 1 aromatic carbocycles. The Balaban J connectivity index is 2.05. The van der Waals surface area contributed by atoms with Crippen molar-refractivity contribution < 1.29 is 34.3 Å². The molecular weight excluding hydrogens is 306 g/mol. The summed E-state index contributed by atoms with van der Waals surface area (Å²) in [6.45, 7) is -0.563. The standard InChI is InChI=1S/C15H17NO7/c1-21-13-12(15(19,20)7-11(8-17)23-13)16-14(18)22-9-10-5-3-2-4-6-10/h2-7,17,19-20H,8-9H2,1H3,(H,16,18). The summed E-state index contributed by atoms with van der Waals surface area (Å²) in [5.41, 5.74) is 0.320. The lowest BCUT2D eigenvalue weighted by molar-refractivity contribution is -0.109. The van der Waals surface area contributed by atoms with Gasteiger partial charge < -0.3 is 29.5 Å². The first-order valence-corrected chi connectivity index (χ1v) is 6.68. The molecule has 8 heteroatoms. The number of alkyl carbamates (subject to hydrolysis) is 1. The van der Waals surface area contributed by atoms with Crippen LogP contribution in [0.1, 0.15) is 5.56 Å². The number of aliphatic hydroxyl groups excluding tert-OH is 1. The van der Waals surface area contributed by atoms with E-state index in [9.17, 15) is 15.0 Å². The van der Waals surface area contributed by atoms with Gasteiger partial charge in [0.2, 0.25) is 5.79 Å². The van der Waals surface area contributed by atoms with E-state index >= 15 is 0 Å². The van der Waals surface area contributed by atoms with Crippen molar-refractivity contribution in [3.05, 3.63) is 59.4 Å². The van der Waals surface area contributed by atoms with Gasteiger partial charge in [-0.3, -0.25) is 5.32 Å². The fourth-order valence-electron chi connectivity index (χ4n) is 1.87. The van der Waals surface area contributed by atoms with Gasteiger partial charge >= 0.3 is 12.0 Å². The zero-order valence-corrected chi connectivity index (χ0v) is 12.4. The van der Waals surface area contributed by atoms with E-state index < -0.39 is 24.2 Å². The second-order valence-electron chi connectivity index (χ2n) is 4.65. The molecule has 8 nitrogen and oxygen atoms in total. The van der Waals surface area contributed by atoms with E-state index in [2.05, 4.69) is 5.32 Å². The van der Waals surface area contributed by atoms with Crippen LogP contribution in [0.2, 0.25) is 0 Å². The number of benzene rings is 1. The maximum atomic E-state index is 11.8. The van der Waals surface area contributed by atoms with Crippen LogP contribution in [0.4, 0.5) is 4.79 Å². The predicted molar refractivity (Wildman–Crippen MR) is 77.2 cm³/mol. The molecule has 0 aliphatic carbocycles. The first-order valence-electron chi connectivity index (χ1n) is 6.68. The summed E-state index contributed by atoms with van der Waals surface area (Å²) in [5, 5.41) is 31.1. The van der Waals surface area contributed by atoms with E-state index in [0.29, 0.717) is 0 Å². The van der Waals surface area contributed by atoms with E-state index in [-0.39, 0.29) is 18.3 Å². The molecule has 1 aliphatic rings. The third-order valence-electron chi connectivity index (χ3n) is 2.94. The monoisotopic (exact) mass is 323 g/mol. The van der Waals surface area contributed by atoms with Crippen LogP contribution < -0.4 is 5.32 Å². The lowest BCUT2D eigenvalue weighted by Crippen LogP contribution is -2.43. The van der Waals surface area contributed by atoms with Crippen LogP contribution in [-0.4, -0.2) is 40.9 Å². The van der Waals surface area contributed by atoms with Crippen LogP contribution in [0, 0.1) is 0 Å². The number of aliphatic hydroxyl groups is 3. The number of amides is 1. The molecule has 0 saturated heterocycles. The Morgan fingerprint density at radius 1 is 1.30 bits per heavy atom. The van der Waals surface area contributed by atoms with Crippen molar-refractivity contribution in [1.82, 2.24) is 5.32 Å². The average molecular weight is 323 g/mol. The molecule has 0 aromatic heterocycles. The van der Waals surface area contributed by atoms with Gasteiger partial charge in [-0.05, 0) is 5.56 Å². The normalized spacial score (nSPS) is 16.3. The maximum Gasteiger partial charge on any atom is 0.412 e. The van der Waals surface area contributed by atoms with E-state index in [1.165, 1.54) is 7.11 Å². The number of ether oxygens (including phenoxy) is 3. The summed E-state index contributed by atoms with van der Waals surface area (Å²) in [7, 11) is 1.21. The van der Waals surface area contributed by atoms with Gasteiger partial charge in [0.25, 0.3) is 0 Å². The molecule has 0 bridgehead atoms. The van der Waals surface area contributed by atoms with Gasteiger partial charge in [-0.1, -0.05) is 30.3 Å². The SMILES string of the molecule is COC1=C(NC(=O)OCc2ccccc2)C(O)(O)C=C(CO)O1. The fraction of sp³-hybridized carbons (Fsp3) is 0.267. The van der Waals surface area contributed by atoms with Crippen LogP contribution in [0.15, 0.2) is 53.8 Å². The average Bonchev–Trinajstić information content (AvgIpc) is 2.55. The second kappa shape index (κ2) is 7.14. The van der Waals surface area contributed by atoms with Gasteiger partial charge in [0.05, 0.1) is 7.11 Å². The Hall–Kier alpha value is -2.55. The predicted octanol–water partition coefficient (Wildman–Crippen LogP) is 0.316. The highest BCUT2D eigenvalue weighted by atomic mass is 16.7. The molecule has 0 saturated carbocycles. The number of methoxy groups -OCH3 is 1. The molecule has 0 spiro atoms. The molecular formula is C15H17NO7. The molecule has 0 radical (unpaired) electrons. The van der Waals surface area contributed by atoms with E-state index in [1.807, 2.05) is 6.07 Å². The highest BCUT2D eigenvalue weighted by Crippen LogP contribution is 2.27. The number of carbonyl (C=O) groups excluding carboxylic acids is 1. The highest BCUT2D eigenvalue weighted by molar-refractivity contribution is 5.70. The Kier molecular flexibility index (Phi) is 5.22. The number of nitrogens with one attached hydrogen (secondary N) is 1. The summed E-state index contributed by atoms with van der Waals surface area (Å²) in [4.78, 5) is 11.8. The molecule has 0 fully saturated rings.